The Balaban J connectivity index is 2.18. The van der Waals surface area contributed by atoms with Crippen LogP contribution in [0, 0.1) is 0 Å². The summed E-state index contributed by atoms with van der Waals surface area (Å²) in [5, 5.41) is 7.09. The number of rotatable bonds is 4. The number of azide groups is 2. The predicted molar refractivity (Wildman–Crippen MR) is 73.3 cm³/mol. The molecule has 2 aromatic carbocycles. The summed E-state index contributed by atoms with van der Waals surface area (Å²) in [5.41, 5.74) is 20.1. The molecule has 0 N–H and O–H groups in total. The van der Waals surface area contributed by atoms with Gasteiger partial charge in [0.25, 0.3) is 0 Å². The largest absolute Gasteiger partial charge is 0.0615 e. The lowest BCUT2D eigenvalue weighted by molar-refractivity contribution is 1.19. The summed E-state index contributed by atoms with van der Waals surface area (Å²) >= 11 is 0. The van der Waals surface area contributed by atoms with Gasteiger partial charge in [-0.2, -0.15) is 0 Å². The molecular weight excluding hydrogens is 240 g/mol. The van der Waals surface area contributed by atoms with Crippen molar-refractivity contribution in [3.8, 4) is 0 Å². The van der Waals surface area contributed by atoms with Crippen LogP contribution in [0.15, 0.2) is 58.8 Å². The third-order valence-corrected chi connectivity index (χ3v) is 2.58. The number of nitrogens with zero attached hydrogens (tertiary/aromatic N) is 6. The first-order chi connectivity index (χ1) is 9.31. The van der Waals surface area contributed by atoms with E-state index in [1.54, 1.807) is 18.2 Å². The summed E-state index contributed by atoms with van der Waals surface area (Å²) in [5.74, 6) is 0. The predicted octanol–water partition coefficient (Wildman–Crippen LogP) is 5.16. The van der Waals surface area contributed by atoms with Gasteiger partial charge in [-0.1, -0.05) is 52.7 Å². The van der Waals surface area contributed by atoms with Gasteiger partial charge in [0, 0.05) is 21.2 Å². The van der Waals surface area contributed by atoms with E-state index in [2.05, 4.69) is 20.1 Å². The molecule has 0 bridgehead atoms. The van der Waals surface area contributed by atoms with Crippen molar-refractivity contribution in [2.24, 2.45) is 10.2 Å². The van der Waals surface area contributed by atoms with Crippen LogP contribution in [0.5, 0.6) is 0 Å². The van der Waals surface area contributed by atoms with E-state index in [9.17, 15) is 0 Å². The van der Waals surface area contributed by atoms with Crippen LogP contribution in [-0.2, 0) is 6.42 Å². The van der Waals surface area contributed by atoms with Crippen molar-refractivity contribution in [3.63, 3.8) is 0 Å². The molecule has 0 saturated carbocycles. The summed E-state index contributed by atoms with van der Waals surface area (Å²) in [6, 6.07) is 14.8. The molecule has 0 aliphatic rings. The molecule has 0 atom stereocenters. The molecule has 0 radical (unpaired) electrons. The van der Waals surface area contributed by atoms with E-state index < -0.39 is 0 Å². The lowest BCUT2D eigenvalue weighted by Crippen LogP contribution is -1.86. The van der Waals surface area contributed by atoms with Crippen LogP contribution < -0.4 is 0 Å². The highest BCUT2D eigenvalue weighted by atomic mass is 15.1. The van der Waals surface area contributed by atoms with Crippen LogP contribution in [0.3, 0.4) is 0 Å². The standard InChI is InChI=1S/C13H10N6/c14-18-16-12-6-4-10(5-7-12)8-11-2-1-3-13(9-11)17-19-15/h1-7,9H,8H2. The van der Waals surface area contributed by atoms with Crippen LogP contribution in [0.1, 0.15) is 11.1 Å². The summed E-state index contributed by atoms with van der Waals surface area (Å²) < 4.78 is 0. The molecule has 2 aromatic rings. The Kier molecular flexibility index (Phi) is 4.03. The third-order valence-electron chi connectivity index (χ3n) is 2.58. The minimum absolute atomic E-state index is 0.592. The van der Waals surface area contributed by atoms with Crippen LogP contribution in [0.25, 0.3) is 20.9 Å². The molecule has 0 aliphatic heterocycles. The maximum Gasteiger partial charge on any atom is 0.0378 e. The van der Waals surface area contributed by atoms with Crippen molar-refractivity contribution < 1.29 is 0 Å². The molecule has 0 amide bonds. The molecule has 92 valence electrons. The quantitative estimate of drug-likeness (QED) is 0.406. The van der Waals surface area contributed by atoms with Crippen LogP contribution >= 0.6 is 0 Å². The fraction of sp³-hybridized carbons (Fsp3) is 0.0769. The van der Waals surface area contributed by atoms with Crippen molar-refractivity contribution in [2.75, 3.05) is 0 Å². The Morgan fingerprint density at radius 1 is 0.789 bits per heavy atom. The summed E-state index contributed by atoms with van der Waals surface area (Å²) in [6.07, 6.45) is 0.728. The fourth-order valence-electron chi connectivity index (χ4n) is 1.75. The van der Waals surface area contributed by atoms with E-state index in [1.165, 1.54) is 0 Å². The Labute approximate surface area is 109 Å². The molecule has 0 spiro atoms. The van der Waals surface area contributed by atoms with E-state index in [1.807, 2.05) is 30.3 Å². The lowest BCUT2D eigenvalue weighted by Gasteiger charge is -2.03. The van der Waals surface area contributed by atoms with E-state index in [0.29, 0.717) is 11.4 Å². The van der Waals surface area contributed by atoms with Gasteiger partial charge in [0.05, 0.1) is 0 Å². The normalized spacial score (nSPS) is 9.26. The Bertz CT molecular complexity index is 664. The van der Waals surface area contributed by atoms with Gasteiger partial charge in [-0.05, 0) is 34.7 Å². The monoisotopic (exact) mass is 250 g/mol. The third kappa shape index (κ3) is 3.51. The lowest BCUT2D eigenvalue weighted by atomic mass is 10.0. The Hall–Kier alpha value is -2.94. The average molecular weight is 250 g/mol. The van der Waals surface area contributed by atoms with Gasteiger partial charge in [-0.15, -0.1) is 0 Å². The molecule has 19 heavy (non-hydrogen) atoms. The summed E-state index contributed by atoms with van der Waals surface area (Å²) in [4.78, 5) is 5.49. The first-order valence-electron chi connectivity index (χ1n) is 5.60. The SMILES string of the molecule is [N-]=[N+]=Nc1ccc(Cc2cccc(N=[N+]=[N-])c2)cc1. The maximum absolute atomic E-state index is 8.40. The Morgan fingerprint density at radius 3 is 2.16 bits per heavy atom. The van der Waals surface area contributed by atoms with Gasteiger partial charge in [0.2, 0.25) is 0 Å². The minimum atomic E-state index is 0.592. The number of benzene rings is 2. The zero-order chi connectivity index (χ0) is 13.5. The number of hydrogen-bond acceptors (Lipinski definition) is 2. The van der Waals surface area contributed by atoms with E-state index in [4.69, 9.17) is 11.1 Å². The van der Waals surface area contributed by atoms with Crippen molar-refractivity contribution >= 4 is 11.4 Å². The summed E-state index contributed by atoms with van der Waals surface area (Å²) in [7, 11) is 0. The molecule has 6 heteroatoms. The average Bonchev–Trinajstić information content (AvgIpc) is 2.42. The van der Waals surface area contributed by atoms with Crippen LogP contribution in [0.2, 0.25) is 0 Å². The first-order valence-corrected chi connectivity index (χ1v) is 5.60. The second-order valence-electron chi connectivity index (χ2n) is 3.89. The van der Waals surface area contributed by atoms with Crippen LogP contribution in [-0.4, -0.2) is 0 Å². The van der Waals surface area contributed by atoms with Crippen LogP contribution in [0.4, 0.5) is 11.4 Å². The van der Waals surface area contributed by atoms with Crippen molar-refractivity contribution in [1.29, 1.82) is 0 Å². The van der Waals surface area contributed by atoms with Gasteiger partial charge >= 0.3 is 0 Å². The first kappa shape index (κ1) is 12.5. The molecule has 0 fully saturated rings. The van der Waals surface area contributed by atoms with Crippen molar-refractivity contribution in [1.82, 2.24) is 0 Å². The maximum atomic E-state index is 8.40. The van der Waals surface area contributed by atoms with Gasteiger partial charge in [-0.3, -0.25) is 0 Å². The van der Waals surface area contributed by atoms with E-state index in [-0.39, 0.29) is 0 Å². The summed E-state index contributed by atoms with van der Waals surface area (Å²) in [6.45, 7) is 0. The molecule has 2 rings (SSSR count). The molecule has 0 saturated heterocycles. The van der Waals surface area contributed by atoms with Crippen molar-refractivity contribution in [2.45, 2.75) is 6.42 Å². The minimum Gasteiger partial charge on any atom is -0.0615 e. The van der Waals surface area contributed by atoms with Crippen molar-refractivity contribution in [3.05, 3.63) is 80.5 Å². The second kappa shape index (κ2) is 6.12. The zero-order valence-electron chi connectivity index (χ0n) is 10.0. The zero-order valence-corrected chi connectivity index (χ0v) is 10.0. The van der Waals surface area contributed by atoms with Gasteiger partial charge in [-0.25, -0.2) is 0 Å². The smallest absolute Gasteiger partial charge is 0.0378 e. The fourth-order valence-corrected chi connectivity index (χ4v) is 1.75. The highest BCUT2D eigenvalue weighted by Gasteiger charge is 1.98. The number of hydrogen-bond donors (Lipinski definition) is 0. The van der Waals surface area contributed by atoms with E-state index >= 15 is 0 Å². The molecule has 0 aromatic heterocycles. The molecule has 0 heterocycles. The molecule has 6 nitrogen and oxygen atoms in total. The molecule has 0 aliphatic carbocycles. The van der Waals surface area contributed by atoms with Gasteiger partial charge in [0.1, 0.15) is 0 Å². The highest BCUT2D eigenvalue weighted by molar-refractivity contribution is 5.43. The molecular formula is C13H10N6. The highest BCUT2D eigenvalue weighted by Crippen LogP contribution is 2.19. The second-order valence-corrected chi connectivity index (χ2v) is 3.89. The van der Waals surface area contributed by atoms with E-state index in [0.717, 1.165) is 17.5 Å². The topological polar surface area (TPSA) is 97.5 Å². The molecule has 0 unspecified atom stereocenters. The van der Waals surface area contributed by atoms with Gasteiger partial charge in [0.15, 0.2) is 0 Å². The Morgan fingerprint density at radius 2 is 1.47 bits per heavy atom. The van der Waals surface area contributed by atoms with Gasteiger partial charge < -0.3 is 0 Å².